The van der Waals surface area contributed by atoms with Gasteiger partial charge in [-0.15, -0.1) is 11.3 Å². The van der Waals surface area contributed by atoms with Gasteiger partial charge < -0.3 is 5.32 Å². The molecule has 98 valence electrons. The van der Waals surface area contributed by atoms with E-state index < -0.39 is 0 Å². The summed E-state index contributed by atoms with van der Waals surface area (Å²) in [6.45, 7) is 5.68. The van der Waals surface area contributed by atoms with Crippen LogP contribution in [-0.4, -0.2) is 28.3 Å². The Bertz CT molecular complexity index is 466. The molecule has 1 aromatic heterocycles. The van der Waals surface area contributed by atoms with E-state index in [4.69, 9.17) is 0 Å². The molecule has 0 saturated carbocycles. The van der Waals surface area contributed by atoms with Crippen LogP contribution in [0.3, 0.4) is 0 Å². The highest BCUT2D eigenvalue weighted by molar-refractivity contribution is 8.14. The molecule has 0 bridgehead atoms. The SMILES string of the molecule is CC(=O)NCCSC(=O)C(C)=Cc1csc(C)n1. The maximum Gasteiger partial charge on any atom is 0.216 e. The Balaban J connectivity index is 2.41. The highest BCUT2D eigenvalue weighted by Gasteiger charge is 2.06. The highest BCUT2D eigenvalue weighted by atomic mass is 32.2. The average Bonchev–Trinajstić information content (AvgIpc) is 2.69. The predicted octanol–water partition coefficient (Wildman–Crippen LogP) is 2.25. The molecule has 0 unspecified atom stereocenters. The van der Waals surface area contributed by atoms with E-state index in [9.17, 15) is 9.59 Å². The van der Waals surface area contributed by atoms with Crippen molar-refractivity contribution in [2.24, 2.45) is 0 Å². The van der Waals surface area contributed by atoms with E-state index in [2.05, 4.69) is 10.3 Å². The topological polar surface area (TPSA) is 59.1 Å². The zero-order chi connectivity index (χ0) is 13.5. The molecule has 0 aliphatic heterocycles. The van der Waals surface area contributed by atoms with Crippen molar-refractivity contribution >= 4 is 40.2 Å². The number of nitrogens with one attached hydrogen (secondary N) is 1. The van der Waals surface area contributed by atoms with Crippen molar-refractivity contribution in [1.82, 2.24) is 10.3 Å². The zero-order valence-electron chi connectivity index (χ0n) is 10.6. The van der Waals surface area contributed by atoms with Crippen LogP contribution in [-0.2, 0) is 9.59 Å². The van der Waals surface area contributed by atoms with Gasteiger partial charge in [0.05, 0.1) is 10.7 Å². The number of carbonyl (C=O) groups excluding carboxylic acids is 2. The van der Waals surface area contributed by atoms with Crippen molar-refractivity contribution < 1.29 is 9.59 Å². The lowest BCUT2D eigenvalue weighted by molar-refractivity contribution is -0.118. The maximum absolute atomic E-state index is 11.8. The fourth-order valence-electron chi connectivity index (χ4n) is 1.21. The Labute approximate surface area is 115 Å². The summed E-state index contributed by atoms with van der Waals surface area (Å²) >= 11 is 2.77. The van der Waals surface area contributed by atoms with E-state index >= 15 is 0 Å². The van der Waals surface area contributed by atoms with Crippen LogP contribution in [0.5, 0.6) is 0 Å². The Morgan fingerprint density at radius 3 is 2.78 bits per heavy atom. The molecule has 1 N–H and O–H groups in total. The minimum absolute atomic E-state index is 0.0194. The van der Waals surface area contributed by atoms with E-state index in [1.807, 2.05) is 12.3 Å². The second kappa shape index (κ2) is 7.33. The summed E-state index contributed by atoms with van der Waals surface area (Å²) < 4.78 is 0. The molecule has 18 heavy (non-hydrogen) atoms. The Kier molecular flexibility index (Phi) is 6.07. The summed E-state index contributed by atoms with van der Waals surface area (Å²) in [5.74, 6) is 0.507. The number of nitrogens with zero attached hydrogens (tertiary/aromatic N) is 1. The van der Waals surface area contributed by atoms with Gasteiger partial charge in [0.2, 0.25) is 11.0 Å². The first-order valence-electron chi connectivity index (χ1n) is 5.51. The second-order valence-corrected chi connectivity index (χ2v) is 5.87. The van der Waals surface area contributed by atoms with Crippen molar-refractivity contribution in [3.05, 3.63) is 21.7 Å². The smallest absolute Gasteiger partial charge is 0.216 e. The minimum Gasteiger partial charge on any atom is -0.356 e. The monoisotopic (exact) mass is 284 g/mol. The molecule has 0 aromatic carbocycles. The van der Waals surface area contributed by atoms with Crippen LogP contribution >= 0.6 is 23.1 Å². The third kappa shape index (κ3) is 5.46. The predicted molar refractivity (Wildman–Crippen MR) is 76.7 cm³/mol. The molecule has 0 saturated heterocycles. The molecular weight excluding hydrogens is 268 g/mol. The molecule has 1 heterocycles. The number of thiazole rings is 1. The van der Waals surface area contributed by atoms with E-state index in [0.717, 1.165) is 10.7 Å². The van der Waals surface area contributed by atoms with Gasteiger partial charge in [-0.25, -0.2) is 4.98 Å². The van der Waals surface area contributed by atoms with Gasteiger partial charge in [-0.2, -0.15) is 0 Å². The molecule has 4 nitrogen and oxygen atoms in total. The maximum atomic E-state index is 11.8. The van der Waals surface area contributed by atoms with Gasteiger partial charge in [-0.3, -0.25) is 9.59 Å². The number of hydrogen-bond donors (Lipinski definition) is 1. The quantitative estimate of drug-likeness (QED) is 0.665. The fourth-order valence-corrected chi connectivity index (χ4v) is 2.46. The summed E-state index contributed by atoms with van der Waals surface area (Å²) in [6.07, 6.45) is 1.79. The summed E-state index contributed by atoms with van der Waals surface area (Å²) in [7, 11) is 0. The number of aryl methyl sites for hydroxylation is 1. The van der Waals surface area contributed by atoms with Crippen LogP contribution in [0.4, 0.5) is 0 Å². The van der Waals surface area contributed by atoms with Crippen LogP contribution in [0, 0.1) is 6.92 Å². The second-order valence-electron chi connectivity index (χ2n) is 3.74. The first kappa shape index (κ1) is 14.9. The molecule has 1 rings (SSSR count). The summed E-state index contributed by atoms with van der Waals surface area (Å²) in [6, 6.07) is 0. The van der Waals surface area contributed by atoms with Crippen molar-refractivity contribution in [3.63, 3.8) is 0 Å². The van der Waals surface area contributed by atoms with Gasteiger partial charge in [0.1, 0.15) is 0 Å². The Hall–Kier alpha value is -1.14. The van der Waals surface area contributed by atoms with Gasteiger partial charge in [-0.05, 0) is 19.9 Å². The van der Waals surface area contributed by atoms with Crippen molar-refractivity contribution in [2.75, 3.05) is 12.3 Å². The van der Waals surface area contributed by atoms with Crippen LogP contribution in [0.1, 0.15) is 24.5 Å². The molecule has 1 amide bonds. The first-order valence-corrected chi connectivity index (χ1v) is 7.37. The number of aromatic nitrogens is 1. The van der Waals surface area contributed by atoms with Crippen molar-refractivity contribution in [1.29, 1.82) is 0 Å². The molecule has 0 atom stereocenters. The van der Waals surface area contributed by atoms with E-state index in [1.165, 1.54) is 18.7 Å². The molecule has 0 spiro atoms. The zero-order valence-corrected chi connectivity index (χ0v) is 12.3. The molecule has 0 fully saturated rings. The highest BCUT2D eigenvalue weighted by Crippen LogP contribution is 2.15. The summed E-state index contributed by atoms with van der Waals surface area (Å²) in [4.78, 5) is 26.7. The third-order valence-electron chi connectivity index (χ3n) is 2.03. The molecule has 0 aliphatic rings. The number of thioether (sulfide) groups is 1. The largest absolute Gasteiger partial charge is 0.356 e. The number of hydrogen-bond acceptors (Lipinski definition) is 5. The van der Waals surface area contributed by atoms with Crippen LogP contribution < -0.4 is 5.32 Å². The average molecular weight is 284 g/mol. The number of carbonyl (C=O) groups is 2. The van der Waals surface area contributed by atoms with Gasteiger partial charge in [-0.1, -0.05) is 11.8 Å². The van der Waals surface area contributed by atoms with Gasteiger partial charge >= 0.3 is 0 Å². The lowest BCUT2D eigenvalue weighted by Crippen LogP contribution is -2.22. The third-order valence-corrected chi connectivity index (χ3v) is 3.82. The van der Waals surface area contributed by atoms with Crippen LogP contribution in [0.25, 0.3) is 6.08 Å². The fraction of sp³-hybridized carbons (Fsp3) is 0.417. The van der Waals surface area contributed by atoms with Gasteiger partial charge in [0.15, 0.2) is 0 Å². The first-order chi connectivity index (χ1) is 8.49. The van der Waals surface area contributed by atoms with E-state index in [-0.39, 0.29) is 11.0 Å². The van der Waals surface area contributed by atoms with Crippen molar-refractivity contribution in [3.8, 4) is 0 Å². The molecule has 1 aromatic rings. The summed E-state index contributed by atoms with van der Waals surface area (Å²) in [5.41, 5.74) is 1.50. The van der Waals surface area contributed by atoms with Crippen LogP contribution in [0.15, 0.2) is 11.0 Å². The summed E-state index contributed by atoms with van der Waals surface area (Å²) in [5, 5.41) is 5.58. The lowest BCUT2D eigenvalue weighted by Gasteiger charge is -2.01. The molecular formula is C12H16N2O2S2. The van der Waals surface area contributed by atoms with Crippen LogP contribution in [0.2, 0.25) is 0 Å². The van der Waals surface area contributed by atoms with E-state index in [1.54, 1.807) is 24.3 Å². The number of amides is 1. The molecule has 0 radical (unpaired) electrons. The van der Waals surface area contributed by atoms with Crippen molar-refractivity contribution in [2.45, 2.75) is 20.8 Å². The Morgan fingerprint density at radius 1 is 1.50 bits per heavy atom. The van der Waals surface area contributed by atoms with Gasteiger partial charge in [0, 0.05) is 30.2 Å². The normalized spacial score (nSPS) is 11.4. The number of rotatable bonds is 5. The van der Waals surface area contributed by atoms with Gasteiger partial charge in [0.25, 0.3) is 0 Å². The van der Waals surface area contributed by atoms with E-state index in [0.29, 0.717) is 17.9 Å². The Morgan fingerprint density at radius 2 is 2.22 bits per heavy atom. The molecule has 0 aliphatic carbocycles. The lowest BCUT2D eigenvalue weighted by atomic mass is 10.3. The minimum atomic E-state index is -0.0757. The standard InChI is InChI=1S/C12H16N2O2S2/c1-8(6-11-7-18-10(3)14-11)12(16)17-5-4-13-9(2)15/h6-7H,4-5H2,1-3H3,(H,13,15). The molecule has 6 heteroatoms.